The van der Waals surface area contributed by atoms with E-state index in [1.54, 1.807) is 0 Å². The Morgan fingerprint density at radius 1 is 1.00 bits per heavy atom. The second kappa shape index (κ2) is 1.24. The van der Waals surface area contributed by atoms with Gasteiger partial charge >= 0.3 is 0 Å². The Balaban J connectivity index is 4.76. The second-order valence-electron chi connectivity index (χ2n) is 2.61. The summed E-state index contributed by atoms with van der Waals surface area (Å²) in [6, 6.07) is 0. The molecule has 0 nitrogen and oxygen atoms in total. The molecule has 0 spiro atoms. The minimum atomic E-state index is -7.61. The molecule has 0 fully saturated rings. The van der Waals surface area contributed by atoms with Gasteiger partial charge in [-0.1, -0.05) is 0 Å². The Labute approximate surface area is 51.7 Å². The molecule has 0 rings (SSSR count). The van der Waals surface area contributed by atoms with Gasteiger partial charge < -0.3 is 0 Å². The first kappa shape index (κ1) is 9.07. The summed E-state index contributed by atoms with van der Waals surface area (Å²) >= 11 is 0. The van der Waals surface area contributed by atoms with E-state index in [0.717, 1.165) is 13.8 Å². The van der Waals surface area contributed by atoms with E-state index < -0.39 is 15.1 Å². The van der Waals surface area contributed by atoms with E-state index in [1.165, 1.54) is 0 Å². The van der Waals surface area contributed by atoms with Crippen LogP contribution in [-0.4, -0.2) is 11.5 Å². The smallest absolute Gasteiger partial charge is 0.124 e. The zero-order valence-electron chi connectivity index (χ0n) is 5.50. The van der Waals surface area contributed by atoms with Crippen LogP contribution in [0.15, 0.2) is 0 Å². The van der Waals surface area contributed by atoms with Gasteiger partial charge in [-0.05, 0) is 13.8 Å². The Hall–Kier alpha value is 0.0700. The second-order valence-corrected chi connectivity index (χ2v) is 6.67. The molecule has 0 N–H and O–H groups in total. The molecule has 0 aliphatic rings. The number of hydrogen-bond acceptors (Lipinski definition) is 0. The molecule has 5 heteroatoms. The van der Waals surface area contributed by atoms with Gasteiger partial charge in [0.05, 0.1) is 5.25 Å². The number of rotatable bonds is 1. The summed E-state index contributed by atoms with van der Waals surface area (Å²) in [5.41, 5.74) is 0. The van der Waals surface area contributed by atoms with E-state index in [2.05, 4.69) is 0 Å². The maximum Gasteiger partial charge on any atom is 0.163 e. The fourth-order valence-corrected chi connectivity index (χ4v) is 0. The fraction of sp³-hybridized carbons (Fsp3) is 1.00. The third kappa shape index (κ3) is 2.93. The topological polar surface area (TPSA) is 0 Å². The van der Waals surface area contributed by atoms with E-state index in [4.69, 9.17) is 0 Å². The number of hydrogen-bond donors (Lipinski definition) is 0. The van der Waals surface area contributed by atoms with E-state index in [0.29, 0.717) is 0 Å². The summed E-state index contributed by atoms with van der Waals surface area (Å²) in [4.78, 5) is 0. The molecule has 0 unspecified atom stereocenters. The lowest BCUT2D eigenvalue weighted by molar-refractivity contribution is 0.441. The maximum atomic E-state index is 12.0. The van der Waals surface area contributed by atoms with Crippen molar-refractivity contribution in [2.75, 3.05) is 6.26 Å². The van der Waals surface area contributed by atoms with E-state index >= 15 is 0 Å². The van der Waals surface area contributed by atoms with Gasteiger partial charge in [-0.3, -0.25) is 0 Å². The lowest BCUT2D eigenvalue weighted by Crippen LogP contribution is -2.22. The molecule has 0 heterocycles. The predicted molar refractivity (Wildman–Crippen MR) is 33.1 cm³/mol. The fourth-order valence-electron chi connectivity index (χ4n) is 0. The van der Waals surface area contributed by atoms with Crippen LogP contribution < -0.4 is 0 Å². The van der Waals surface area contributed by atoms with Gasteiger partial charge in [0.25, 0.3) is 0 Å². The summed E-state index contributed by atoms with van der Waals surface area (Å²) in [5.74, 6) is 0. The van der Waals surface area contributed by atoms with Gasteiger partial charge in [0, 0.05) is 6.26 Å². The van der Waals surface area contributed by atoms with Crippen molar-refractivity contribution >= 4 is 9.84 Å². The van der Waals surface area contributed by atoms with Crippen molar-refractivity contribution in [2.24, 2.45) is 0 Å². The normalized spacial score (nSPS) is 21.3. The van der Waals surface area contributed by atoms with Crippen LogP contribution >= 0.6 is 9.84 Å². The van der Waals surface area contributed by atoms with Crippen LogP contribution in [0.1, 0.15) is 13.8 Å². The molecular formula is C4H10F4S. The van der Waals surface area contributed by atoms with Gasteiger partial charge in [-0.2, -0.15) is 0 Å². The van der Waals surface area contributed by atoms with Gasteiger partial charge in [-0.25, -0.2) is 0 Å². The highest BCUT2D eigenvalue weighted by molar-refractivity contribution is 8.49. The maximum absolute atomic E-state index is 12.0. The van der Waals surface area contributed by atoms with Crippen LogP contribution in [-0.2, 0) is 0 Å². The molecule has 0 aliphatic carbocycles. The molecule has 0 saturated heterocycles. The van der Waals surface area contributed by atoms with Crippen molar-refractivity contribution < 1.29 is 15.5 Å². The standard InChI is InChI=1S/C4H10F4S/c1-4(2)9(3,5,6,7)8/h4H,1-3H3. The van der Waals surface area contributed by atoms with Gasteiger partial charge in [-0.15, -0.1) is 15.5 Å². The SMILES string of the molecule is CC(C)S(C)(F)(F)(F)F. The molecular weight excluding hydrogens is 156 g/mol. The zero-order chi connectivity index (χ0) is 7.99. The average Bonchev–Trinajstić information content (AvgIpc) is 1.24. The van der Waals surface area contributed by atoms with Crippen LogP contribution in [0.3, 0.4) is 0 Å². The third-order valence-corrected chi connectivity index (χ3v) is 3.55. The molecule has 0 aromatic rings. The van der Waals surface area contributed by atoms with Crippen molar-refractivity contribution in [2.45, 2.75) is 19.1 Å². The molecule has 9 heavy (non-hydrogen) atoms. The molecule has 0 bridgehead atoms. The molecule has 0 amide bonds. The Bertz CT molecular complexity index is 116. The van der Waals surface area contributed by atoms with E-state index in [-0.39, 0.29) is 6.26 Å². The van der Waals surface area contributed by atoms with Crippen molar-refractivity contribution in [1.82, 2.24) is 0 Å². The van der Waals surface area contributed by atoms with Crippen LogP contribution in [0.5, 0.6) is 0 Å². The Morgan fingerprint density at radius 2 is 1.11 bits per heavy atom. The van der Waals surface area contributed by atoms with Gasteiger partial charge in [0.1, 0.15) is 0 Å². The van der Waals surface area contributed by atoms with Gasteiger partial charge in [0.2, 0.25) is 0 Å². The van der Waals surface area contributed by atoms with Crippen molar-refractivity contribution in [3.05, 3.63) is 0 Å². The van der Waals surface area contributed by atoms with Crippen LogP contribution in [0, 0.1) is 0 Å². The lowest BCUT2D eigenvalue weighted by Gasteiger charge is -2.49. The molecule has 0 radical (unpaired) electrons. The van der Waals surface area contributed by atoms with Crippen LogP contribution in [0.4, 0.5) is 15.5 Å². The van der Waals surface area contributed by atoms with Crippen molar-refractivity contribution in [3.63, 3.8) is 0 Å². The summed E-state index contributed by atoms with van der Waals surface area (Å²) in [6.07, 6.45) is -0.245. The summed E-state index contributed by atoms with van der Waals surface area (Å²) in [5, 5.41) is -1.86. The molecule has 0 aromatic carbocycles. The van der Waals surface area contributed by atoms with E-state index in [1.807, 2.05) is 0 Å². The van der Waals surface area contributed by atoms with Gasteiger partial charge in [0.15, 0.2) is 9.84 Å². The first-order valence-electron chi connectivity index (χ1n) is 2.42. The number of halogens is 4. The minimum absolute atomic E-state index is 0.245. The molecule has 0 atom stereocenters. The summed E-state index contributed by atoms with van der Waals surface area (Å²) in [6.45, 7) is 1.64. The Morgan fingerprint density at radius 3 is 1.11 bits per heavy atom. The summed E-state index contributed by atoms with van der Waals surface area (Å²) in [7, 11) is -7.61. The predicted octanol–water partition coefficient (Wildman–Crippen LogP) is 3.44. The molecule has 0 aromatic heterocycles. The largest absolute Gasteiger partial charge is 0.163 e. The molecule has 60 valence electrons. The van der Waals surface area contributed by atoms with Crippen molar-refractivity contribution in [1.29, 1.82) is 0 Å². The lowest BCUT2D eigenvalue weighted by atomic mass is 10.6. The monoisotopic (exact) mass is 166 g/mol. The first-order valence-corrected chi connectivity index (χ1v) is 4.94. The Kier molecular flexibility index (Phi) is 1.24. The summed E-state index contributed by atoms with van der Waals surface area (Å²) < 4.78 is 48.0. The molecule has 0 saturated carbocycles. The highest BCUT2D eigenvalue weighted by atomic mass is 32.5. The van der Waals surface area contributed by atoms with Crippen LogP contribution in [0.2, 0.25) is 0 Å². The highest BCUT2D eigenvalue weighted by Gasteiger charge is 2.60. The van der Waals surface area contributed by atoms with E-state index in [9.17, 15) is 15.5 Å². The highest BCUT2D eigenvalue weighted by Crippen LogP contribution is 2.96. The van der Waals surface area contributed by atoms with Crippen LogP contribution in [0.25, 0.3) is 0 Å². The quantitative estimate of drug-likeness (QED) is 0.523. The zero-order valence-corrected chi connectivity index (χ0v) is 6.31. The average molecular weight is 166 g/mol. The van der Waals surface area contributed by atoms with Crippen molar-refractivity contribution in [3.8, 4) is 0 Å². The molecule has 0 aliphatic heterocycles. The third-order valence-electron chi connectivity index (χ3n) is 1.18. The minimum Gasteiger partial charge on any atom is -0.124 e. The first-order chi connectivity index (χ1) is 3.43.